The number of hydrogen-bond donors (Lipinski definition) is 2. The number of nitrogen functional groups attached to an aromatic ring is 1. The van der Waals surface area contributed by atoms with Crippen LogP contribution in [0.15, 0.2) is 72.8 Å². The first-order valence-electron chi connectivity index (χ1n) is 11.0. The van der Waals surface area contributed by atoms with Crippen LogP contribution in [0, 0.1) is 5.92 Å². The molecule has 0 radical (unpaired) electrons. The highest BCUT2D eigenvalue weighted by Crippen LogP contribution is 2.31. The molecular formula is C26H26F3N3O. The molecule has 1 atom stereocenters. The fourth-order valence-corrected chi connectivity index (χ4v) is 4.16. The number of anilines is 3. The largest absolute Gasteiger partial charge is 0.397 e. The van der Waals surface area contributed by atoms with Crippen LogP contribution in [0.2, 0.25) is 0 Å². The Bertz CT molecular complexity index is 1100. The summed E-state index contributed by atoms with van der Waals surface area (Å²) in [6, 6.07) is 22.5. The maximum atomic E-state index is 12.8. The topological polar surface area (TPSA) is 58.4 Å². The number of carbonyl (C=O) groups excluding carboxylic acids is 1. The molecule has 4 nitrogen and oxygen atoms in total. The summed E-state index contributed by atoms with van der Waals surface area (Å²) in [6.07, 6.45) is -3.94. The predicted octanol–water partition coefficient (Wildman–Crippen LogP) is 6.36. The summed E-state index contributed by atoms with van der Waals surface area (Å²) in [4.78, 5) is 14.9. The summed E-state index contributed by atoms with van der Waals surface area (Å²) in [6.45, 7) is 1.32. The normalized spacial score (nSPS) is 16.1. The molecule has 1 aliphatic rings. The first-order chi connectivity index (χ1) is 15.8. The Hall–Kier alpha value is -3.48. The van der Waals surface area contributed by atoms with Gasteiger partial charge in [0.05, 0.1) is 11.4 Å². The van der Waals surface area contributed by atoms with E-state index in [4.69, 9.17) is 5.73 Å². The van der Waals surface area contributed by atoms with Crippen molar-refractivity contribution in [1.29, 1.82) is 0 Å². The van der Waals surface area contributed by atoms with E-state index >= 15 is 0 Å². The molecule has 0 saturated carbocycles. The zero-order chi connectivity index (χ0) is 23.4. The Morgan fingerprint density at radius 3 is 2.42 bits per heavy atom. The number of carbonyl (C=O) groups is 1. The lowest BCUT2D eigenvalue weighted by Gasteiger charge is -2.19. The zero-order valence-corrected chi connectivity index (χ0v) is 18.1. The van der Waals surface area contributed by atoms with E-state index in [1.54, 1.807) is 18.2 Å². The van der Waals surface area contributed by atoms with Crippen molar-refractivity contribution in [2.45, 2.75) is 25.4 Å². The second-order valence-electron chi connectivity index (χ2n) is 8.42. The van der Waals surface area contributed by atoms with Crippen LogP contribution in [-0.4, -0.2) is 25.2 Å². The molecule has 0 aliphatic carbocycles. The van der Waals surface area contributed by atoms with Gasteiger partial charge in [-0.3, -0.25) is 4.79 Å². The molecule has 7 heteroatoms. The number of nitrogens with zero attached hydrogens (tertiary/aromatic N) is 1. The van der Waals surface area contributed by atoms with E-state index in [9.17, 15) is 18.0 Å². The summed E-state index contributed by atoms with van der Waals surface area (Å²) < 4.78 is 37.4. The first-order valence-corrected chi connectivity index (χ1v) is 11.0. The van der Waals surface area contributed by atoms with Crippen molar-refractivity contribution >= 4 is 23.0 Å². The third-order valence-electron chi connectivity index (χ3n) is 6.03. The van der Waals surface area contributed by atoms with E-state index in [-0.39, 0.29) is 18.2 Å². The van der Waals surface area contributed by atoms with Gasteiger partial charge in [-0.05, 0) is 66.3 Å². The average Bonchev–Trinajstić information content (AvgIpc) is 3.29. The summed E-state index contributed by atoms with van der Waals surface area (Å²) in [5.74, 6) is -0.239. The van der Waals surface area contributed by atoms with E-state index in [1.165, 1.54) is 0 Å². The summed E-state index contributed by atoms with van der Waals surface area (Å²) in [7, 11) is 0. The SMILES string of the molecule is Nc1ccc(-c2ccccc2)cc1NC(=O)c1ccc(N2CC[C@H](CCC(F)(F)F)C2)cc1. The Balaban J connectivity index is 1.39. The molecule has 0 unspecified atom stereocenters. The summed E-state index contributed by atoms with van der Waals surface area (Å²) >= 11 is 0. The minimum Gasteiger partial charge on any atom is -0.397 e. The lowest BCUT2D eigenvalue weighted by atomic mass is 10.0. The lowest BCUT2D eigenvalue weighted by Crippen LogP contribution is -2.20. The molecule has 0 spiro atoms. The van der Waals surface area contributed by atoms with Crippen LogP contribution in [0.1, 0.15) is 29.6 Å². The quantitative estimate of drug-likeness (QED) is 0.427. The van der Waals surface area contributed by atoms with Gasteiger partial charge in [-0.15, -0.1) is 0 Å². The fraction of sp³-hybridized carbons (Fsp3) is 0.269. The minimum absolute atomic E-state index is 0.0365. The van der Waals surface area contributed by atoms with Gasteiger partial charge in [0, 0.05) is 30.8 Å². The molecule has 172 valence electrons. The number of halogens is 3. The van der Waals surface area contributed by atoms with Crippen molar-refractivity contribution in [3.8, 4) is 11.1 Å². The Labute approximate surface area is 191 Å². The number of amides is 1. The van der Waals surface area contributed by atoms with Crippen LogP contribution < -0.4 is 16.0 Å². The van der Waals surface area contributed by atoms with Gasteiger partial charge in [0.2, 0.25) is 0 Å². The van der Waals surface area contributed by atoms with Gasteiger partial charge >= 0.3 is 6.18 Å². The molecule has 3 aromatic rings. The van der Waals surface area contributed by atoms with E-state index < -0.39 is 12.6 Å². The Kier molecular flexibility index (Phi) is 6.58. The highest BCUT2D eigenvalue weighted by atomic mass is 19.4. The van der Waals surface area contributed by atoms with Crippen LogP contribution in [0.5, 0.6) is 0 Å². The summed E-state index contributed by atoms with van der Waals surface area (Å²) in [5, 5.41) is 2.88. The van der Waals surface area contributed by atoms with Crippen LogP contribution in [0.3, 0.4) is 0 Å². The molecule has 1 heterocycles. The smallest absolute Gasteiger partial charge is 0.389 e. The number of nitrogens with two attached hydrogens (primary N) is 1. The van der Waals surface area contributed by atoms with Gasteiger partial charge in [-0.2, -0.15) is 13.2 Å². The molecule has 3 aromatic carbocycles. The van der Waals surface area contributed by atoms with E-state index in [0.29, 0.717) is 23.5 Å². The number of rotatable bonds is 6. The standard InChI is InChI=1S/C26H26F3N3O/c27-26(28,29)14-12-18-13-15-32(17-18)22-9-6-20(7-10-22)25(33)31-24-16-21(8-11-23(24)30)19-4-2-1-3-5-19/h1-11,16,18H,12-15,17,30H2,(H,31,33)/t18-/m0/s1. The van der Waals surface area contributed by atoms with E-state index in [2.05, 4.69) is 10.2 Å². The molecule has 1 amide bonds. The molecule has 0 aromatic heterocycles. The lowest BCUT2D eigenvalue weighted by molar-refractivity contribution is -0.137. The van der Waals surface area contributed by atoms with Gasteiger partial charge in [0.1, 0.15) is 0 Å². The molecule has 33 heavy (non-hydrogen) atoms. The number of benzene rings is 3. The molecule has 4 rings (SSSR count). The number of nitrogens with one attached hydrogen (secondary N) is 1. The summed E-state index contributed by atoms with van der Waals surface area (Å²) in [5.41, 5.74) is 10.5. The monoisotopic (exact) mass is 453 g/mol. The predicted molar refractivity (Wildman–Crippen MR) is 126 cm³/mol. The van der Waals surface area contributed by atoms with Crippen molar-refractivity contribution in [1.82, 2.24) is 0 Å². The fourth-order valence-electron chi connectivity index (χ4n) is 4.16. The minimum atomic E-state index is -4.10. The van der Waals surface area contributed by atoms with Crippen LogP contribution >= 0.6 is 0 Å². The van der Waals surface area contributed by atoms with Gasteiger partial charge < -0.3 is 16.0 Å². The molecule has 1 aliphatic heterocycles. The third kappa shape index (κ3) is 5.86. The molecule has 1 saturated heterocycles. The maximum absolute atomic E-state index is 12.8. The van der Waals surface area contributed by atoms with Crippen LogP contribution in [0.25, 0.3) is 11.1 Å². The van der Waals surface area contributed by atoms with Gasteiger partial charge in [-0.25, -0.2) is 0 Å². The van der Waals surface area contributed by atoms with Crippen molar-refractivity contribution < 1.29 is 18.0 Å². The van der Waals surface area contributed by atoms with E-state index in [0.717, 1.165) is 29.8 Å². The average molecular weight is 454 g/mol. The van der Waals surface area contributed by atoms with Crippen molar-refractivity contribution in [3.63, 3.8) is 0 Å². The van der Waals surface area contributed by atoms with Crippen molar-refractivity contribution in [2.75, 3.05) is 29.0 Å². The third-order valence-corrected chi connectivity index (χ3v) is 6.03. The van der Waals surface area contributed by atoms with Crippen molar-refractivity contribution in [2.24, 2.45) is 5.92 Å². The molecular weight excluding hydrogens is 427 g/mol. The molecule has 1 fully saturated rings. The zero-order valence-electron chi connectivity index (χ0n) is 18.1. The van der Waals surface area contributed by atoms with E-state index in [1.807, 2.05) is 54.6 Å². The second-order valence-corrected chi connectivity index (χ2v) is 8.42. The molecule has 0 bridgehead atoms. The number of hydrogen-bond acceptors (Lipinski definition) is 3. The van der Waals surface area contributed by atoms with Crippen molar-refractivity contribution in [3.05, 3.63) is 78.4 Å². The van der Waals surface area contributed by atoms with Crippen LogP contribution in [-0.2, 0) is 0 Å². The van der Waals surface area contributed by atoms with Gasteiger partial charge in [0.25, 0.3) is 5.91 Å². The Morgan fingerprint density at radius 2 is 1.73 bits per heavy atom. The maximum Gasteiger partial charge on any atom is 0.389 e. The first kappa shape index (κ1) is 22.7. The van der Waals surface area contributed by atoms with Crippen LogP contribution in [0.4, 0.5) is 30.2 Å². The van der Waals surface area contributed by atoms with Gasteiger partial charge in [-0.1, -0.05) is 36.4 Å². The Morgan fingerprint density at radius 1 is 1.00 bits per heavy atom. The second kappa shape index (κ2) is 9.57. The van der Waals surface area contributed by atoms with Gasteiger partial charge in [0.15, 0.2) is 0 Å². The molecule has 3 N–H and O–H groups in total. The highest BCUT2D eigenvalue weighted by Gasteiger charge is 2.31. The number of alkyl halides is 3. The highest BCUT2D eigenvalue weighted by molar-refractivity contribution is 6.06.